The van der Waals surface area contributed by atoms with Crippen LogP contribution in [0.4, 0.5) is 0 Å². The summed E-state index contributed by atoms with van der Waals surface area (Å²) in [5, 5.41) is 3.98. The predicted octanol–water partition coefficient (Wildman–Crippen LogP) is 2.29. The molecule has 0 aliphatic heterocycles. The quantitative estimate of drug-likeness (QED) is 0.704. The van der Waals surface area contributed by atoms with Crippen molar-refractivity contribution in [1.82, 2.24) is 19.7 Å². The summed E-state index contributed by atoms with van der Waals surface area (Å²) >= 11 is 0. The van der Waals surface area contributed by atoms with E-state index in [4.69, 9.17) is 4.52 Å². The molecule has 0 saturated carbocycles. The molecule has 2 aromatic heterocycles. The van der Waals surface area contributed by atoms with Crippen LogP contribution >= 0.6 is 0 Å². The third-order valence-electron chi connectivity index (χ3n) is 2.65. The lowest BCUT2D eigenvalue weighted by atomic mass is 10.1. The second-order valence-electron chi connectivity index (χ2n) is 4.11. The summed E-state index contributed by atoms with van der Waals surface area (Å²) in [6.07, 6.45) is 5.29. The fourth-order valence-electron chi connectivity index (χ4n) is 1.68. The molecule has 0 saturated heterocycles. The normalized spacial score (nSPS) is 10.7. The standard InChI is InChI=1S/C13H12N4O/c1-10-2-4-11(5-3-10)13-15-12(18-16-13)8-17-7-6-14-9-17/h2-7,9H,8H2,1H3. The van der Waals surface area contributed by atoms with Crippen LogP contribution in [0.15, 0.2) is 47.5 Å². The van der Waals surface area contributed by atoms with Gasteiger partial charge in [0.1, 0.15) is 6.54 Å². The number of aromatic nitrogens is 4. The Morgan fingerprint density at radius 1 is 1.22 bits per heavy atom. The Bertz CT molecular complexity index is 625. The molecule has 5 nitrogen and oxygen atoms in total. The van der Waals surface area contributed by atoms with E-state index < -0.39 is 0 Å². The van der Waals surface area contributed by atoms with Gasteiger partial charge in [0.2, 0.25) is 11.7 Å². The van der Waals surface area contributed by atoms with Gasteiger partial charge >= 0.3 is 0 Å². The van der Waals surface area contributed by atoms with Gasteiger partial charge in [0.15, 0.2) is 0 Å². The van der Waals surface area contributed by atoms with Gasteiger partial charge in [0.25, 0.3) is 0 Å². The molecular weight excluding hydrogens is 228 g/mol. The largest absolute Gasteiger partial charge is 0.337 e. The monoisotopic (exact) mass is 240 g/mol. The Kier molecular flexibility index (Phi) is 2.64. The van der Waals surface area contributed by atoms with E-state index in [-0.39, 0.29) is 0 Å². The van der Waals surface area contributed by atoms with Gasteiger partial charge in [0, 0.05) is 18.0 Å². The highest BCUT2D eigenvalue weighted by atomic mass is 16.5. The van der Waals surface area contributed by atoms with Crippen LogP contribution in [0.25, 0.3) is 11.4 Å². The maximum Gasteiger partial charge on any atom is 0.246 e. The lowest BCUT2D eigenvalue weighted by Gasteiger charge is -1.95. The first-order chi connectivity index (χ1) is 8.81. The minimum absolute atomic E-state index is 0.541. The summed E-state index contributed by atoms with van der Waals surface area (Å²) in [5.74, 6) is 1.19. The molecule has 0 aliphatic carbocycles. The Balaban J connectivity index is 1.83. The van der Waals surface area contributed by atoms with Crippen LogP contribution in [0.5, 0.6) is 0 Å². The Labute approximate surface area is 104 Å². The van der Waals surface area contributed by atoms with Crippen LogP contribution in [-0.4, -0.2) is 19.7 Å². The molecule has 1 aromatic carbocycles. The van der Waals surface area contributed by atoms with Gasteiger partial charge in [-0.2, -0.15) is 4.98 Å². The molecule has 0 aliphatic rings. The zero-order chi connectivity index (χ0) is 12.4. The molecule has 3 rings (SSSR count). The molecule has 0 fully saturated rings. The summed E-state index contributed by atoms with van der Waals surface area (Å²) < 4.78 is 7.09. The van der Waals surface area contributed by atoms with Gasteiger partial charge in [-0.05, 0) is 6.92 Å². The fraction of sp³-hybridized carbons (Fsp3) is 0.154. The average molecular weight is 240 g/mol. The maximum atomic E-state index is 5.21. The van der Waals surface area contributed by atoms with Crippen LogP contribution in [-0.2, 0) is 6.54 Å². The van der Waals surface area contributed by atoms with Crippen LogP contribution in [0.1, 0.15) is 11.5 Å². The first-order valence-corrected chi connectivity index (χ1v) is 5.66. The van der Waals surface area contributed by atoms with Gasteiger partial charge in [-0.1, -0.05) is 35.0 Å². The number of imidazole rings is 1. The third kappa shape index (κ3) is 2.15. The minimum atomic E-state index is 0.541. The third-order valence-corrected chi connectivity index (χ3v) is 2.65. The van der Waals surface area contributed by atoms with Crippen molar-refractivity contribution in [3.8, 4) is 11.4 Å². The molecule has 0 spiro atoms. The van der Waals surface area contributed by atoms with E-state index in [9.17, 15) is 0 Å². The molecule has 0 bridgehead atoms. The van der Waals surface area contributed by atoms with E-state index in [1.807, 2.05) is 42.0 Å². The van der Waals surface area contributed by atoms with E-state index in [1.54, 1.807) is 12.5 Å². The Hall–Kier alpha value is -2.43. The van der Waals surface area contributed by atoms with Crippen molar-refractivity contribution in [2.45, 2.75) is 13.5 Å². The summed E-state index contributed by atoms with van der Waals surface area (Å²) in [6, 6.07) is 8.03. The molecule has 18 heavy (non-hydrogen) atoms. The number of hydrogen-bond donors (Lipinski definition) is 0. The zero-order valence-electron chi connectivity index (χ0n) is 9.95. The minimum Gasteiger partial charge on any atom is -0.337 e. The van der Waals surface area contributed by atoms with Crippen LogP contribution in [0, 0.1) is 6.92 Å². The first kappa shape index (κ1) is 10.7. The van der Waals surface area contributed by atoms with Gasteiger partial charge in [-0.25, -0.2) is 4.98 Å². The summed E-state index contributed by atoms with van der Waals surface area (Å²) in [6.45, 7) is 2.59. The van der Waals surface area contributed by atoms with Gasteiger partial charge in [-0.3, -0.25) is 0 Å². The number of hydrogen-bond acceptors (Lipinski definition) is 4. The molecule has 3 aromatic rings. The highest BCUT2D eigenvalue weighted by molar-refractivity contribution is 5.54. The van der Waals surface area contributed by atoms with Crippen molar-refractivity contribution >= 4 is 0 Å². The van der Waals surface area contributed by atoms with Crippen molar-refractivity contribution in [1.29, 1.82) is 0 Å². The summed E-state index contributed by atoms with van der Waals surface area (Å²) in [5.41, 5.74) is 2.17. The number of rotatable bonds is 3. The van der Waals surface area contributed by atoms with Gasteiger partial charge in [0.05, 0.1) is 6.33 Å². The Morgan fingerprint density at radius 3 is 2.78 bits per heavy atom. The summed E-state index contributed by atoms with van der Waals surface area (Å²) in [4.78, 5) is 8.32. The SMILES string of the molecule is Cc1ccc(-c2noc(Cn3ccnc3)n2)cc1. The van der Waals surface area contributed by atoms with Crippen LogP contribution in [0.3, 0.4) is 0 Å². The molecular formula is C13H12N4O. The van der Waals surface area contributed by atoms with E-state index in [1.165, 1.54) is 5.56 Å². The van der Waals surface area contributed by atoms with Crippen molar-refractivity contribution in [2.75, 3.05) is 0 Å². The van der Waals surface area contributed by atoms with E-state index in [2.05, 4.69) is 15.1 Å². The van der Waals surface area contributed by atoms with Gasteiger partial charge < -0.3 is 9.09 Å². The number of aryl methyl sites for hydroxylation is 1. The second kappa shape index (κ2) is 4.44. The fourth-order valence-corrected chi connectivity index (χ4v) is 1.68. The van der Waals surface area contributed by atoms with Gasteiger partial charge in [-0.15, -0.1) is 0 Å². The molecule has 0 unspecified atom stereocenters. The van der Waals surface area contributed by atoms with Crippen molar-refractivity contribution in [3.05, 3.63) is 54.4 Å². The molecule has 0 radical (unpaired) electrons. The molecule has 2 heterocycles. The zero-order valence-corrected chi connectivity index (χ0v) is 9.95. The van der Waals surface area contributed by atoms with E-state index in [0.29, 0.717) is 18.3 Å². The highest BCUT2D eigenvalue weighted by Gasteiger charge is 2.08. The number of benzene rings is 1. The van der Waals surface area contributed by atoms with Crippen molar-refractivity contribution in [3.63, 3.8) is 0 Å². The van der Waals surface area contributed by atoms with Crippen LogP contribution < -0.4 is 0 Å². The second-order valence-corrected chi connectivity index (χ2v) is 4.11. The van der Waals surface area contributed by atoms with E-state index in [0.717, 1.165) is 5.56 Å². The summed E-state index contributed by atoms with van der Waals surface area (Å²) in [7, 11) is 0. The topological polar surface area (TPSA) is 56.7 Å². The maximum absolute atomic E-state index is 5.21. The molecule has 0 amide bonds. The van der Waals surface area contributed by atoms with E-state index >= 15 is 0 Å². The van der Waals surface area contributed by atoms with Crippen LogP contribution in [0.2, 0.25) is 0 Å². The average Bonchev–Trinajstić information content (AvgIpc) is 3.02. The van der Waals surface area contributed by atoms with Crippen molar-refractivity contribution < 1.29 is 4.52 Å². The van der Waals surface area contributed by atoms with Crippen molar-refractivity contribution in [2.24, 2.45) is 0 Å². The lowest BCUT2D eigenvalue weighted by Crippen LogP contribution is -1.96. The molecule has 5 heteroatoms. The number of nitrogens with zero attached hydrogens (tertiary/aromatic N) is 4. The lowest BCUT2D eigenvalue weighted by molar-refractivity contribution is 0.371. The molecule has 90 valence electrons. The molecule has 0 N–H and O–H groups in total. The highest BCUT2D eigenvalue weighted by Crippen LogP contribution is 2.16. The predicted molar refractivity (Wildman–Crippen MR) is 65.8 cm³/mol. The smallest absolute Gasteiger partial charge is 0.246 e. The molecule has 0 atom stereocenters. The Morgan fingerprint density at radius 2 is 2.06 bits per heavy atom. The first-order valence-electron chi connectivity index (χ1n) is 5.66.